The standard InChI is InChI=1S/C26H29N5O3S/c1-17-22(24(33)31(30(17)5)20-9-7-6-8-10-20)27-21(32)15-16-35-25-29-28-23(34-25)18-11-13-19(14-12-18)26(2,3)4/h6-14H,15-16H2,1-5H3,(H,27,32). The number of nitrogens with one attached hydrogen (secondary N) is 1. The SMILES string of the molecule is Cc1c(NC(=O)CCSc2nnc(-c3ccc(C(C)(C)C)cc3)o2)c(=O)n(-c2ccccc2)n1C. The molecule has 0 fully saturated rings. The lowest BCUT2D eigenvalue weighted by atomic mass is 9.87. The molecular formula is C26H29N5O3S. The van der Waals surface area contributed by atoms with Crippen LogP contribution in [0.3, 0.4) is 0 Å². The van der Waals surface area contributed by atoms with Crippen molar-refractivity contribution in [3.05, 3.63) is 76.2 Å². The third-order valence-corrected chi connectivity index (χ3v) is 6.60. The van der Waals surface area contributed by atoms with Crippen molar-refractivity contribution in [1.29, 1.82) is 0 Å². The summed E-state index contributed by atoms with van der Waals surface area (Å²) >= 11 is 1.31. The molecular weight excluding hydrogens is 462 g/mol. The van der Waals surface area contributed by atoms with Crippen molar-refractivity contribution in [2.24, 2.45) is 7.05 Å². The van der Waals surface area contributed by atoms with E-state index < -0.39 is 0 Å². The summed E-state index contributed by atoms with van der Waals surface area (Å²) in [6, 6.07) is 17.4. The minimum Gasteiger partial charge on any atom is -0.411 e. The van der Waals surface area contributed by atoms with Crippen LogP contribution in [0.5, 0.6) is 0 Å². The van der Waals surface area contributed by atoms with E-state index in [0.29, 0.717) is 22.6 Å². The zero-order chi connectivity index (χ0) is 25.2. The Bertz CT molecular complexity index is 1380. The summed E-state index contributed by atoms with van der Waals surface area (Å²) in [6.45, 7) is 8.30. The van der Waals surface area contributed by atoms with Gasteiger partial charge in [-0.15, -0.1) is 10.2 Å². The number of carbonyl (C=O) groups excluding carboxylic acids is 1. The summed E-state index contributed by atoms with van der Waals surface area (Å²) < 4.78 is 9.02. The second-order valence-corrected chi connectivity index (χ2v) is 10.3. The molecule has 0 atom stereocenters. The average Bonchev–Trinajstić information content (AvgIpc) is 3.38. The Labute approximate surface area is 208 Å². The fourth-order valence-electron chi connectivity index (χ4n) is 3.64. The number of aromatic nitrogens is 4. The van der Waals surface area contributed by atoms with E-state index in [1.807, 2.05) is 42.5 Å². The highest BCUT2D eigenvalue weighted by Crippen LogP contribution is 2.27. The van der Waals surface area contributed by atoms with Gasteiger partial charge in [0.25, 0.3) is 10.8 Å². The number of para-hydroxylation sites is 1. The molecule has 0 spiro atoms. The summed E-state index contributed by atoms with van der Waals surface area (Å²) in [5.41, 5.74) is 3.58. The first-order chi connectivity index (χ1) is 16.6. The van der Waals surface area contributed by atoms with Crippen LogP contribution in [0.2, 0.25) is 0 Å². The molecule has 0 aliphatic rings. The van der Waals surface area contributed by atoms with Crippen molar-refractivity contribution in [1.82, 2.24) is 19.6 Å². The van der Waals surface area contributed by atoms with Gasteiger partial charge in [-0.1, -0.05) is 62.9 Å². The Hall–Kier alpha value is -3.59. The Kier molecular flexibility index (Phi) is 6.98. The van der Waals surface area contributed by atoms with E-state index >= 15 is 0 Å². The monoisotopic (exact) mass is 491 g/mol. The lowest BCUT2D eigenvalue weighted by Gasteiger charge is -2.18. The van der Waals surface area contributed by atoms with Crippen LogP contribution < -0.4 is 10.9 Å². The van der Waals surface area contributed by atoms with Gasteiger partial charge in [-0.3, -0.25) is 14.3 Å². The van der Waals surface area contributed by atoms with Crippen molar-refractivity contribution in [2.45, 2.75) is 44.8 Å². The molecule has 2 aromatic carbocycles. The molecule has 0 unspecified atom stereocenters. The van der Waals surface area contributed by atoms with E-state index in [-0.39, 0.29) is 29.0 Å². The van der Waals surface area contributed by atoms with E-state index in [9.17, 15) is 9.59 Å². The maximum absolute atomic E-state index is 12.9. The quantitative estimate of drug-likeness (QED) is 0.368. The summed E-state index contributed by atoms with van der Waals surface area (Å²) in [5, 5.41) is 11.4. The lowest BCUT2D eigenvalue weighted by Crippen LogP contribution is -2.23. The molecule has 35 heavy (non-hydrogen) atoms. The van der Waals surface area contributed by atoms with Crippen LogP contribution in [0.25, 0.3) is 17.1 Å². The summed E-state index contributed by atoms with van der Waals surface area (Å²) in [6.07, 6.45) is 0.196. The number of amides is 1. The molecule has 0 saturated heterocycles. The first kappa shape index (κ1) is 24.5. The number of hydrogen-bond donors (Lipinski definition) is 1. The second-order valence-electron chi connectivity index (χ2n) is 9.28. The summed E-state index contributed by atoms with van der Waals surface area (Å²) in [7, 11) is 1.79. The van der Waals surface area contributed by atoms with Crippen LogP contribution >= 0.6 is 11.8 Å². The van der Waals surface area contributed by atoms with Gasteiger partial charge in [-0.2, -0.15) is 0 Å². The van der Waals surface area contributed by atoms with E-state index in [1.165, 1.54) is 22.0 Å². The molecule has 4 aromatic rings. The third-order valence-electron chi connectivity index (χ3n) is 5.78. The van der Waals surface area contributed by atoms with E-state index in [0.717, 1.165) is 11.3 Å². The normalized spacial score (nSPS) is 11.6. The Morgan fingerprint density at radius 3 is 2.40 bits per heavy atom. The maximum Gasteiger partial charge on any atom is 0.295 e. The van der Waals surface area contributed by atoms with Crippen LogP contribution in [0, 0.1) is 6.92 Å². The zero-order valence-electron chi connectivity index (χ0n) is 20.5. The molecule has 9 heteroatoms. The van der Waals surface area contributed by atoms with Gasteiger partial charge in [0.05, 0.1) is 11.4 Å². The first-order valence-corrected chi connectivity index (χ1v) is 12.3. The molecule has 0 saturated carbocycles. The van der Waals surface area contributed by atoms with Crippen molar-refractivity contribution in [3.63, 3.8) is 0 Å². The number of benzene rings is 2. The molecule has 182 valence electrons. The van der Waals surface area contributed by atoms with E-state index in [1.54, 1.807) is 18.7 Å². The minimum absolute atomic E-state index is 0.0713. The minimum atomic E-state index is -0.267. The van der Waals surface area contributed by atoms with Gasteiger partial charge in [0.1, 0.15) is 5.69 Å². The van der Waals surface area contributed by atoms with Gasteiger partial charge in [0, 0.05) is 24.8 Å². The second kappa shape index (κ2) is 9.95. The highest BCUT2D eigenvalue weighted by Gasteiger charge is 2.19. The fraction of sp³-hybridized carbons (Fsp3) is 0.308. The van der Waals surface area contributed by atoms with E-state index in [4.69, 9.17) is 4.42 Å². The van der Waals surface area contributed by atoms with Crippen molar-refractivity contribution < 1.29 is 9.21 Å². The van der Waals surface area contributed by atoms with Crippen molar-refractivity contribution in [2.75, 3.05) is 11.1 Å². The van der Waals surface area contributed by atoms with Crippen molar-refractivity contribution >= 4 is 23.4 Å². The fourth-order valence-corrected chi connectivity index (χ4v) is 4.34. The molecule has 0 aliphatic heterocycles. The van der Waals surface area contributed by atoms with Gasteiger partial charge in [0.2, 0.25) is 11.8 Å². The topological polar surface area (TPSA) is 95.0 Å². The zero-order valence-corrected chi connectivity index (χ0v) is 21.3. The van der Waals surface area contributed by atoms with Crippen LogP contribution in [-0.2, 0) is 17.3 Å². The predicted molar refractivity (Wildman–Crippen MR) is 138 cm³/mol. The average molecular weight is 492 g/mol. The molecule has 0 bridgehead atoms. The first-order valence-electron chi connectivity index (χ1n) is 11.4. The predicted octanol–water partition coefficient (Wildman–Crippen LogP) is 4.95. The smallest absolute Gasteiger partial charge is 0.295 e. The van der Waals surface area contributed by atoms with Gasteiger partial charge in [-0.25, -0.2) is 4.68 Å². The highest BCUT2D eigenvalue weighted by atomic mass is 32.2. The number of anilines is 1. The Balaban J connectivity index is 1.35. The number of hydrogen-bond acceptors (Lipinski definition) is 6. The Morgan fingerprint density at radius 2 is 1.74 bits per heavy atom. The molecule has 1 N–H and O–H groups in total. The van der Waals surface area contributed by atoms with Gasteiger partial charge in [-0.05, 0) is 42.2 Å². The van der Waals surface area contributed by atoms with Gasteiger partial charge >= 0.3 is 0 Å². The van der Waals surface area contributed by atoms with E-state index in [2.05, 4.69) is 48.4 Å². The molecule has 0 radical (unpaired) electrons. The molecule has 4 rings (SSSR count). The van der Waals surface area contributed by atoms with Gasteiger partial charge < -0.3 is 9.73 Å². The van der Waals surface area contributed by atoms with Crippen LogP contribution in [0.1, 0.15) is 38.4 Å². The highest BCUT2D eigenvalue weighted by molar-refractivity contribution is 7.99. The number of thioether (sulfide) groups is 1. The van der Waals surface area contributed by atoms with Crippen LogP contribution in [0.15, 0.2) is 69.0 Å². The van der Waals surface area contributed by atoms with Crippen LogP contribution in [-0.4, -0.2) is 31.2 Å². The molecule has 2 aromatic heterocycles. The van der Waals surface area contributed by atoms with Crippen molar-refractivity contribution in [3.8, 4) is 17.1 Å². The molecule has 2 heterocycles. The molecule has 0 aliphatic carbocycles. The molecule has 8 nitrogen and oxygen atoms in total. The number of carbonyl (C=O) groups is 1. The summed E-state index contributed by atoms with van der Waals surface area (Å²) in [4.78, 5) is 25.5. The lowest BCUT2D eigenvalue weighted by molar-refractivity contribution is -0.115. The van der Waals surface area contributed by atoms with Gasteiger partial charge in [0.15, 0.2) is 0 Å². The number of rotatable bonds is 7. The summed E-state index contributed by atoms with van der Waals surface area (Å²) in [5.74, 6) is 0.634. The molecule has 1 amide bonds. The largest absolute Gasteiger partial charge is 0.411 e. The maximum atomic E-state index is 12.9. The third kappa shape index (κ3) is 5.40. The Morgan fingerprint density at radius 1 is 1.06 bits per heavy atom. The van der Waals surface area contributed by atoms with Crippen LogP contribution in [0.4, 0.5) is 5.69 Å². The number of nitrogens with zero attached hydrogens (tertiary/aromatic N) is 4.